The molecule has 1 heterocycles. The molecule has 1 aliphatic heterocycles. The van der Waals surface area contributed by atoms with Crippen LogP contribution in [0.25, 0.3) is 0 Å². The first-order valence-corrected chi connectivity index (χ1v) is 6.29. The normalized spacial score (nSPS) is 20.2. The number of Topliss-reactive ketones (excluding diaryl/α,β-unsaturated/α-hetero) is 1. The number of aliphatic hydroxyl groups excluding tert-OH is 1. The Balaban J connectivity index is 2.17. The minimum atomic E-state index is -0.00335. The van der Waals surface area contributed by atoms with E-state index in [9.17, 15) is 15.0 Å². The first kappa shape index (κ1) is 13.1. The van der Waals surface area contributed by atoms with Crippen molar-refractivity contribution >= 4 is 5.78 Å². The smallest absolute Gasteiger partial charge is 0.159 e. The van der Waals surface area contributed by atoms with Crippen molar-refractivity contribution in [2.24, 2.45) is 0 Å². The molecule has 1 fully saturated rings. The Labute approximate surface area is 107 Å². The van der Waals surface area contributed by atoms with Gasteiger partial charge < -0.3 is 10.2 Å². The molecule has 0 radical (unpaired) electrons. The minimum absolute atomic E-state index is 0.00335. The molecule has 1 aromatic rings. The van der Waals surface area contributed by atoms with Crippen molar-refractivity contribution in [3.8, 4) is 5.75 Å². The molecule has 1 atom stereocenters. The van der Waals surface area contributed by atoms with Crippen LogP contribution in [0.15, 0.2) is 18.2 Å². The van der Waals surface area contributed by atoms with Crippen molar-refractivity contribution in [1.82, 2.24) is 4.90 Å². The monoisotopic (exact) mass is 249 g/mol. The van der Waals surface area contributed by atoms with Gasteiger partial charge in [0, 0.05) is 23.7 Å². The molecular formula is C14H19NO3. The fourth-order valence-corrected chi connectivity index (χ4v) is 2.46. The summed E-state index contributed by atoms with van der Waals surface area (Å²) < 4.78 is 0. The van der Waals surface area contributed by atoms with Gasteiger partial charge in [-0.3, -0.25) is 9.69 Å². The highest BCUT2D eigenvalue weighted by Gasteiger charge is 2.24. The Kier molecular flexibility index (Phi) is 3.99. The molecule has 0 aromatic heterocycles. The molecule has 4 nitrogen and oxygen atoms in total. The van der Waals surface area contributed by atoms with Crippen molar-refractivity contribution in [1.29, 1.82) is 0 Å². The quantitative estimate of drug-likeness (QED) is 0.795. The zero-order chi connectivity index (χ0) is 13.1. The third kappa shape index (κ3) is 2.71. The average Bonchev–Trinajstić information content (AvgIpc) is 2.79. The number of likely N-dealkylation sites (tertiary alicyclic amines) is 1. The van der Waals surface area contributed by atoms with Crippen LogP contribution in [0.3, 0.4) is 0 Å². The maximum atomic E-state index is 11.3. The van der Waals surface area contributed by atoms with Gasteiger partial charge in [0.1, 0.15) is 5.75 Å². The molecule has 0 saturated carbocycles. The predicted molar refractivity (Wildman–Crippen MR) is 68.6 cm³/mol. The lowest BCUT2D eigenvalue weighted by Gasteiger charge is -2.23. The summed E-state index contributed by atoms with van der Waals surface area (Å²) in [5, 5.41) is 19.1. The van der Waals surface area contributed by atoms with Gasteiger partial charge in [-0.2, -0.15) is 0 Å². The molecule has 1 saturated heterocycles. The molecule has 18 heavy (non-hydrogen) atoms. The summed E-state index contributed by atoms with van der Waals surface area (Å²) in [6.07, 6.45) is 2.06. The summed E-state index contributed by atoms with van der Waals surface area (Å²) in [4.78, 5) is 13.5. The number of hydrogen-bond acceptors (Lipinski definition) is 4. The first-order chi connectivity index (χ1) is 8.61. The summed E-state index contributed by atoms with van der Waals surface area (Å²) >= 11 is 0. The molecule has 1 aromatic carbocycles. The van der Waals surface area contributed by atoms with E-state index >= 15 is 0 Å². The van der Waals surface area contributed by atoms with E-state index in [1.807, 2.05) is 0 Å². The van der Waals surface area contributed by atoms with Crippen LogP contribution in [0.5, 0.6) is 5.75 Å². The first-order valence-electron chi connectivity index (χ1n) is 6.29. The van der Waals surface area contributed by atoms with E-state index in [1.54, 1.807) is 18.2 Å². The summed E-state index contributed by atoms with van der Waals surface area (Å²) in [6.45, 7) is 3.17. The lowest BCUT2D eigenvalue weighted by Crippen LogP contribution is -2.31. The number of carbonyl (C=O) groups is 1. The zero-order valence-electron chi connectivity index (χ0n) is 10.6. The molecule has 4 heteroatoms. The van der Waals surface area contributed by atoms with E-state index in [1.165, 1.54) is 6.92 Å². The van der Waals surface area contributed by atoms with Crippen molar-refractivity contribution in [2.75, 3.05) is 13.2 Å². The van der Waals surface area contributed by atoms with Crippen LogP contribution in [0.1, 0.15) is 35.7 Å². The fourth-order valence-electron chi connectivity index (χ4n) is 2.46. The fraction of sp³-hybridized carbons (Fsp3) is 0.500. The van der Waals surface area contributed by atoms with Crippen molar-refractivity contribution in [3.05, 3.63) is 29.3 Å². The maximum Gasteiger partial charge on any atom is 0.159 e. The number of hydrogen-bond donors (Lipinski definition) is 2. The van der Waals surface area contributed by atoms with Gasteiger partial charge in [-0.15, -0.1) is 0 Å². The number of phenolic OH excluding ortho intramolecular Hbond substituents is 1. The molecule has 1 aliphatic rings. The Bertz CT molecular complexity index is 445. The van der Waals surface area contributed by atoms with Crippen molar-refractivity contribution in [2.45, 2.75) is 32.4 Å². The van der Waals surface area contributed by atoms with E-state index < -0.39 is 0 Å². The topological polar surface area (TPSA) is 60.8 Å². The summed E-state index contributed by atoms with van der Waals surface area (Å²) in [6, 6.07) is 5.11. The second kappa shape index (κ2) is 5.50. The van der Waals surface area contributed by atoms with Gasteiger partial charge in [-0.25, -0.2) is 0 Å². The molecule has 98 valence electrons. The Hall–Kier alpha value is -1.39. The number of aromatic hydroxyl groups is 1. The highest BCUT2D eigenvalue weighted by Crippen LogP contribution is 2.25. The number of aliphatic hydroxyl groups is 1. The number of carbonyl (C=O) groups excluding carboxylic acids is 1. The molecule has 0 spiro atoms. The maximum absolute atomic E-state index is 11.3. The summed E-state index contributed by atoms with van der Waals surface area (Å²) in [7, 11) is 0. The van der Waals surface area contributed by atoms with E-state index in [0.717, 1.165) is 24.9 Å². The SMILES string of the molecule is CC(=O)c1ccc(O)c(CN2CCCC2CO)c1. The van der Waals surface area contributed by atoms with Gasteiger partial charge in [0.15, 0.2) is 5.78 Å². The lowest BCUT2D eigenvalue weighted by molar-refractivity contribution is 0.101. The van der Waals surface area contributed by atoms with Crippen LogP contribution in [0.4, 0.5) is 0 Å². The van der Waals surface area contributed by atoms with Gasteiger partial charge in [-0.05, 0) is 44.5 Å². The Morgan fingerprint density at radius 1 is 1.50 bits per heavy atom. The third-order valence-corrected chi connectivity index (χ3v) is 3.57. The Morgan fingerprint density at radius 3 is 2.94 bits per heavy atom. The van der Waals surface area contributed by atoms with Gasteiger partial charge >= 0.3 is 0 Å². The van der Waals surface area contributed by atoms with Gasteiger partial charge in [0.25, 0.3) is 0 Å². The van der Waals surface area contributed by atoms with E-state index in [2.05, 4.69) is 4.90 Å². The predicted octanol–water partition coefficient (Wildman–Crippen LogP) is 1.55. The summed E-state index contributed by atoms with van der Waals surface area (Å²) in [5.74, 6) is 0.208. The summed E-state index contributed by atoms with van der Waals surface area (Å²) in [5.41, 5.74) is 1.37. The average molecular weight is 249 g/mol. The number of nitrogens with zero attached hydrogens (tertiary/aromatic N) is 1. The van der Waals surface area contributed by atoms with Gasteiger partial charge in [0.05, 0.1) is 6.61 Å². The van der Waals surface area contributed by atoms with Crippen LogP contribution < -0.4 is 0 Å². The number of ketones is 1. The minimum Gasteiger partial charge on any atom is -0.508 e. The van der Waals surface area contributed by atoms with Crippen molar-refractivity contribution in [3.63, 3.8) is 0 Å². The molecule has 2 rings (SSSR count). The van der Waals surface area contributed by atoms with Crippen molar-refractivity contribution < 1.29 is 15.0 Å². The van der Waals surface area contributed by atoms with E-state index in [4.69, 9.17) is 0 Å². The van der Waals surface area contributed by atoms with Crippen LogP contribution in [0, 0.1) is 0 Å². The highest BCUT2D eigenvalue weighted by molar-refractivity contribution is 5.94. The van der Waals surface area contributed by atoms with Gasteiger partial charge in [0.2, 0.25) is 0 Å². The van der Waals surface area contributed by atoms with Crippen LogP contribution in [-0.4, -0.2) is 40.1 Å². The van der Waals surface area contributed by atoms with Crippen LogP contribution >= 0.6 is 0 Å². The molecule has 0 bridgehead atoms. The molecule has 0 aliphatic carbocycles. The molecule has 1 unspecified atom stereocenters. The number of rotatable bonds is 4. The second-order valence-corrected chi connectivity index (χ2v) is 4.85. The largest absolute Gasteiger partial charge is 0.508 e. The van der Waals surface area contributed by atoms with Gasteiger partial charge in [-0.1, -0.05) is 0 Å². The zero-order valence-corrected chi connectivity index (χ0v) is 10.6. The number of phenols is 1. The third-order valence-electron chi connectivity index (χ3n) is 3.57. The highest BCUT2D eigenvalue weighted by atomic mass is 16.3. The molecule has 2 N–H and O–H groups in total. The molecule has 0 amide bonds. The lowest BCUT2D eigenvalue weighted by atomic mass is 10.1. The van der Waals surface area contributed by atoms with Crippen LogP contribution in [-0.2, 0) is 6.54 Å². The standard InChI is InChI=1S/C14H19NO3/c1-10(17)11-4-5-14(18)12(7-11)8-15-6-2-3-13(15)9-16/h4-5,7,13,16,18H,2-3,6,8-9H2,1H3. The second-order valence-electron chi connectivity index (χ2n) is 4.85. The molecular weight excluding hydrogens is 230 g/mol. The van der Waals surface area contributed by atoms with E-state index in [-0.39, 0.29) is 24.2 Å². The number of benzene rings is 1. The van der Waals surface area contributed by atoms with Crippen LogP contribution in [0.2, 0.25) is 0 Å². The van der Waals surface area contributed by atoms with E-state index in [0.29, 0.717) is 12.1 Å². The Morgan fingerprint density at radius 2 is 2.28 bits per heavy atom.